The first-order chi connectivity index (χ1) is 10.1. The van der Waals surface area contributed by atoms with Crippen LogP contribution < -0.4 is 51.4 Å². The molecule has 0 N–H and O–H groups in total. The quantitative estimate of drug-likeness (QED) is 0.475. The van der Waals surface area contributed by atoms with Crippen LogP contribution >= 0.6 is 0 Å². The van der Waals surface area contributed by atoms with E-state index < -0.39 is 0 Å². The minimum Gasteiger partial charge on any atom is -1.00 e. The molecule has 0 atom stereocenters. The Balaban J connectivity index is -0.0000000273. The molecule has 0 nitrogen and oxygen atoms in total. The van der Waals surface area contributed by atoms with Gasteiger partial charge in [0.15, 0.2) is 0 Å². The van der Waals surface area contributed by atoms with Crippen molar-refractivity contribution in [3.05, 3.63) is 99.7 Å². The molecular weight excluding hydrogens is 291 g/mol. The maximum atomic E-state index is 3.36. The number of allylic oxidation sites excluding steroid dienone is 5. The Bertz CT molecular complexity index is 218. The molecule has 122 valence electrons. The van der Waals surface area contributed by atoms with Crippen LogP contribution in [-0.2, 0) is 0 Å². The minimum atomic E-state index is 0. The summed E-state index contributed by atoms with van der Waals surface area (Å²) in [6.45, 7) is 26.2. The molecule has 0 aromatic heterocycles. The number of hydrogen-bond acceptors (Lipinski definition) is 0. The van der Waals surface area contributed by atoms with E-state index in [0.717, 1.165) is 0 Å². The molecule has 0 aliphatic carbocycles. The third-order valence-electron chi connectivity index (χ3n) is 0.667. The molecule has 0 fully saturated rings. The maximum Gasteiger partial charge on any atom is 1.00 e. The van der Waals surface area contributed by atoms with E-state index in [1.165, 1.54) is 0 Å². The first kappa shape index (κ1) is 37.6. The Hall–Kier alpha value is -0.444. The van der Waals surface area contributed by atoms with Crippen LogP contribution in [0.4, 0.5) is 0 Å². The number of benzene rings is 1. The molecule has 0 aliphatic rings. The van der Waals surface area contributed by atoms with E-state index in [2.05, 4.69) is 32.9 Å². The third-order valence-corrected chi connectivity index (χ3v) is 0.667. The fraction of sp³-hybridized carbons (Fsp3) is 0.238. The van der Waals surface area contributed by atoms with Crippen molar-refractivity contribution in [2.75, 3.05) is 0 Å². The zero-order valence-electron chi connectivity index (χ0n) is 16.9. The van der Waals surface area contributed by atoms with Gasteiger partial charge < -0.3 is 1.43 Å². The van der Waals surface area contributed by atoms with Crippen molar-refractivity contribution in [2.45, 2.75) is 34.6 Å². The minimum absolute atomic E-state index is 0. The van der Waals surface area contributed by atoms with E-state index in [-0.39, 0.29) is 52.8 Å². The molecule has 22 heavy (non-hydrogen) atoms. The Morgan fingerprint density at radius 2 is 0.500 bits per heavy atom. The summed E-state index contributed by atoms with van der Waals surface area (Å²) in [5, 5.41) is 0. The largest absolute Gasteiger partial charge is 1.00 e. The van der Waals surface area contributed by atoms with Crippen molar-refractivity contribution in [3.8, 4) is 0 Å². The summed E-state index contributed by atoms with van der Waals surface area (Å²) in [7, 11) is 0. The van der Waals surface area contributed by atoms with Gasteiger partial charge in [-0.2, -0.15) is 0 Å². The Kier molecular flexibility index (Phi) is 121. The van der Waals surface area contributed by atoms with Gasteiger partial charge in [0.1, 0.15) is 0 Å². The summed E-state index contributed by atoms with van der Waals surface area (Å²) in [5.74, 6) is 0. The molecule has 0 heterocycles. The van der Waals surface area contributed by atoms with E-state index in [1.807, 2.05) is 71.0 Å². The molecule has 0 saturated carbocycles. The van der Waals surface area contributed by atoms with E-state index in [9.17, 15) is 0 Å². The van der Waals surface area contributed by atoms with Gasteiger partial charge in [-0.3, -0.25) is 0 Å². The van der Waals surface area contributed by atoms with Crippen molar-refractivity contribution in [2.24, 2.45) is 0 Å². The molecule has 0 bridgehead atoms. The van der Waals surface area contributed by atoms with Gasteiger partial charge in [-0.1, -0.05) is 66.8 Å². The van der Waals surface area contributed by atoms with Gasteiger partial charge in [-0.25, -0.2) is 0 Å². The zero-order chi connectivity index (χ0) is 17.8. The van der Waals surface area contributed by atoms with E-state index in [1.54, 1.807) is 30.4 Å². The Morgan fingerprint density at radius 3 is 0.545 bits per heavy atom. The fourth-order valence-corrected chi connectivity index (χ4v) is 0.385. The average Bonchev–Trinajstić information content (AvgIpc) is 2.45. The van der Waals surface area contributed by atoms with Gasteiger partial charge in [0.05, 0.1) is 0 Å². The summed E-state index contributed by atoms with van der Waals surface area (Å²) >= 11 is 0. The normalized spacial score (nSPS) is 5.14. The van der Waals surface area contributed by atoms with Gasteiger partial charge in [-0.15, -0.1) is 32.9 Å². The van der Waals surface area contributed by atoms with Crippen molar-refractivity contribution in [1.29, 1.82) is 0 Å². The van der Waals surface area contributed by atoms with Crippen molar-refractivity contribution in [3.63, 3.8) is 0 Å². The van der Waals surface area contributed by atoms with E-state index in [4.69, 9.17) is 0 Å². The Morgan fingerprint density at radius 1 is 0.455 bits per heavy atom. The Labute approximate surface area is 185 Å². The summed E-state index contributed by atoms with van der Waals surface area (Å²) in [5.41, 5.74) is 0. The second-order valence-electron chi connectivity index (χ2n) is 3.20. The van der Waals surface area contributed by atoms with Crippen molar-refractivity contribution < 1.29 is 52.8 Å². The van der Waals surface area contributed by atoms with Crippen molar-refractivity contribution in [1.82, 2.24) is 0 Å². The first-order valence-corrected chi connectivity index (χ1v) is 6.93. The number of hydrogen-bond donors (Lipinski definition) is 0. The van der Waals surface area contributed by atoms with Crippen LogP contribution in [0, 0.1) is 0 Å². The predicted molar refractivity (Wildman–Crippen MR) is 107 cm³/mol. The fourth-order valence-electron chi connectivity index (χ4n) is 0.385. The van der Waals surface area contributed by atoms with Crippen LogP contribution in [0.2, 0.25) is 0 Å². The molecule has 1 aromatic rings. The molecule has 0 spiro atoms. The molecule has 1 aromatic carbocycles. The van der Waals surface area contributed by atoms with Gasteiger partial charge in [-0.05, 0) is 34.6 Å². The maximum absolute atomic E-state index is 3.36. The zero-order valence-corrected chi connectivity index (χ0v) is 19.0. The molecular formula is C21H37K. The van der Waals surface area contributed by atoms with Crippen LogP contribution in [0.15, 0.2) is 99.7 Å². The molecule has 1 rings (SSSR count). The predicted octanol–water partition coefficient (Wildman–Crippen LogP) is 4.76. The summed E-state index contributed by atoms with van der Waals surface area (Å²) in [4.78, 5) is 0. The van der Waals surface area contributed by atoms with Crippen LogP contribution in [-0.4, -0.2) is 0 Å². The number of rotatable bonds is 0. The monoisotopic (exact) mass is 328 g/mol. The van der Waals surface area contributed by atoms with Gasteiger partial charge >= 0.3 is 51.4 Å². The standard InChI is InChI=1S/C6H6.5C3H6.K.H/c1-2-4-6-5-3-1;5*1-3-2;;/h1-6H;5*3H,1H2,2H3;;/q;;;;;;+1;-1. The molecule has 0 saturated heterocycles. The third kappa shape index (κ3) is 218. The molecule has 0 unspecified atom stereocenters. The van der Waals surface area contributed by atoms with Gasteiger partial charge in [0.25, 0.3) is 0 Å². The smallest absolute Gasteiger partial charge is 1.00 e. The van der Waals surface area contributed by atoms with Crippen molar-refractivity contribution >= 4 is 0 Å². The van der Waals surface area contributed by atoms with Gasteiger partial charge in [0, 0.05) is 0 Å². The first-order valence-electron chi connectivity index (χ1n) is 6.93. The summed E-state index contributed by atoms with van der Waals surface area (Å²) in [6, 6.07) is 12.0. The van der Waals surface area contributed by atoms with Crippen LogP contribution in [0.1, 0.15) is 36.0 Å². The topological polar surface area (TPSA) is 0 Å². The summed E-state index contributed by atoms with van der Waals surface area (Å²) in [6.07, 6.45) is 8.75. The molecule has 0 aliphatic heterocycles. The molecule has 0 radical (unpaired) electrons. The molecule has 0 amide bonds. The average molecular weight is 329 g/mol. The second-order valence-corrected chi connectivity index (χ2v) is 3.20. The summed E-state index contributed by atoms with van der Waals surface area (Å²) < 4.78 is 0. The SMILES string of the molecule is C=CC.C=CC.C=CC.C=CC.C=CC.[H-].[K+].c1ccccc1. The van der Waals surface area contributed by atoms with E-state index >= 15 is 0 Å². The second kappa shape index (κ2) is 70.5. The van der Waals surface area contributed by atoms with Gasteiger partial charge in [0.2, 0.25) is 0 Å². The van der Waals surface area contributed by atoms with Crippen LogP contribution in [0.5, 0.6) is 0 Å². The molecule has 1 heteroatoms. The van der Waals surface area contributed by atoms with E-state index in [0.29, 0.717) is 0 Å². The van der Waals surface area contributed by atoms with Crippen LogP contribution in [0.3, 0.4) is 0 Å². The van der Waals surface area contributed by atoms with Crippen LogP contribution in [0.25, 0.3) is 0 Å².